The Hall–Kier alpha value is -1.74. The van der Waals surface area contributed by atoms with Crippen LogP contribution in [0.5, 0.6) is 0 Å². The molecule has 0 aliphatic rings. The molecule has 2 N–H and O–H groups in total. The number of fused-ring (bicyclic) bond motifs is 1. The van der Waals surface area contributed by atoms with E-state index in [9.17, 15) is 0 Å². The molecule has 0 unspecified atom stereocenters. The van der Waals surface area contributed by atoms with Crippen LogP contribution in [0.3, 0.4) is 0 Å². The third kappa shape index (κ3) is 1.41. The van der Waals surface area contributed by atoms with E-state index >= 15 is 0 Å². The lowest BCUT2D eigenvalue weighted by Crippen LogP contribution is -1.94. The Morgan fingerprint density at radius 1 is 1.53 bits per heavy atom. The van der Waals surface area contributed by atoms with Gasteiger partial charge in [0.1, 0.15) is 23.9 Å². The van der Waals surface area contributed by atoms with Gasteiger partial charge in [0.25, 0.3) is 0 Å². The molecular weight excluding hydrogens is 210 g/mol. The molecule has 15 heavy (non-hydrogen) atoms. The van der Waals surface area contributed by atoms with Crippen molar-refractivity contribution in [2.75, 3.05) is 18.6 Å². The summed E-state index contributed by atoms with van der Waals surface area (Å²) in [6, 6.07) is 2.17. The quantitative estimate of drug-likeness (QED) is 0.750. The van der Waals surface area contributed by atoms with E-state index in [1.807, 2.05) is 6.26 Å². The van der Waals surface area contributed by atoms with Gasteiger partial charge < -0.3 is 10.3 Å². The molecule has 6 heteroatoms. The Kier molecular flexibility index (Phi) is 2.47. The molecule has 0 aromatic carbocycles. The Morgan fingerprint density at radius 2 is 2.33 bits per heavy atom. The van der Waals surface area contributed by atoms with Crippen LogP contribution in [0.4, 0.5) is 5.82 Å². The fourth-order valence-electron chi connectivity index (χ4n) is 1.45. The summed E-state index contributed by atoms with van der Waals surface area (Å²) in [5, 5.41) is 13.6. The van der Waals surface area contributed by atoms with Crippen molar-refractivity contribution >= 4 is 28.6 Å². The number of nitriles is 1. The fraction of sp³-hybridized carbons (Fsp3) is 0.222. The van der Waals surface area contributed by atoms with Crippen LogP contribution in [0, 0.1) is 11.3 Å². The van der Waals surface area contributed by atoms with Crippen molar-refractivity contribution in [1.82, 2.24) is 15.0 Å². The molecule has 2 rings (SSSR count). The Labute approximate surface area is 90.9 Å². The number of hydrogen-bond acceptors (Lipinski definition) is 5. The highest BCUT2D eigenvalue weighted by atomic mass is 32.2. The van der Waals surface area contributed by atoms with E-state index in [2.05, 4.69) is 26.3 Å². The molecule has 5 nitrogen and oxygen atoms in total. The highest BCUT2D eigenvalue weighted by Crippen LogP contribution is 2.30. The van der Waals surface area contributed by atoms with Crippen molar-refractivity contribution in [3.05, 3.63) is 11.9 Å². The summed E-state index contributed by atoms with van der Waals surface area (Å²) in [5.74, 6) is 0.674. The van der Waals surface area contributed by atoms with E-state index in [-0.39, 0.29) is 0 Å². The molecule has 2 heterocycles. The number of anilines is 1. The zero-order valence-corrected chi connectivity index (χ0v) is 9.14. The summed E-state index contributed by atoms with van der Waals surface area (Å²) < 4.78 is 0. The van der Waals surface area contributed by atoms with Crippen LogP contribution in [-0.2, 0) is 0 Å². The first kappa shape index (κ1) is 9.80. The molecule has 0 aliphatic heterocycles. The van der Waals surface area contributed by atoms with Gasteiger partial charge in [-0.25, -0.2) is 9.97 Å². The van der Waals surface area contributed by atoms with Crippen LogP contribution in [0.25, 0.3) is 11.0 Å². The van der Waals surface area contributed by atoms with E-state index in [1.54, 1.807) is 7.05 Å². The second-order valence-corrected chi connectivity index (χ2v) is 3.66. The number of H-pyrrole nitrogens is 1. The molecule has 0 saturated heterocycles. The van der Waals surface area contributed by atoms with E-state index in [1.165, 1.54) is 18.1 Å². The molecule has 0 saturated carbocycles. The van der Waals surface area contributed by atoms with Gasteiger partial charge in [-0.2, -0.15) is 5.26 Å². The van der Waals surface area contributed by atoms with Crippen molar-refractivity contribution < 1.29 is 0 Å². The van der Waals surface area contributed by atoms with Gasteiger partial charge in [-0.1, -0.05) is 0 Å². The number of hydrogen-bond donors (Lipinski definition) is 2. The first-order valence-corrected chi connectivity index (χ1v) is 5.52. The molecule has 2 aromatic heterocycles. The number of thioether (sulfide) groups is 1. The Balaban J connectivity index is 2.85. The summed E-state index contributed by atoms with van der Waals surface area (Å²) in [5.41, 5.74) is 1.29. The number of nitrogens with zero attached hydrogens (tertiary/aromatic N) is 3. The minimum absolute atomic E-state index is 0.599. The minimum atomic E-state index is 0.599. The molecule has 0 fully saturated rings. The van der Waals surface area contributed by atoms with Crippen molar-refractivity contribution in [2.24, 2.45) is 0 Å². The van der Waals surface area contributed by atoms with E-state index in [0.717, 1.165) is 10.4 Å². The van der Waals surface area contributed by atoms with Gasteiger partial charge in [-0.15, -0.1) is 11.8 Å². The van der Waals surface area contributed by atoms with E-state index < -0.39 is 0 Å². The van der Waals surface area contributed by atoms with Crippen molar-refractivity contribution in [3.63, 3.8) is 0 Å². The van der Waals surface area contributed by atoms with Crippen molar-refractivity contribution in [1.29, 1.82) is 5.26 Å². The third-order valence-electron chi connectivity index (χ3n) is 2.11. The van der Waals surface area contributed by atoms with Gasteiger partial charge >= 0.3 is 0 Å². The molecule has 0 radical (unpaired) electrons. The van der Waals surface area contributed by atoms with E-state index in [0.29, 0.717) is 17.0 Å². The Bertz CT molecular complexity index is 539. The second kappa shape index (κ2) is 3.79. The highest BCUT2D eigenvalue weighted by molar-refractivity contribution is 7.98. The summed E-state index contributed by atoms with van der Waals surface area (Å²) in [4.78, 5) is 11.3. The smallest absolute Gasteiger partial charge is 0.145 e. The molecule has 76 valence electrons. The predicted molar refractivity (Wildman–Crippen MR) is 59.9 cm³/mol. The normalized spacial score (nSPS) is 10.2. The molecule has 0 amide bonds. The molecule has 0 bridgehead atoms. The molecule has 0 atom stereocenters. The predicted octanol–water partition coefficient (Wildman–Crippen LogP) is 1.59. The SMILES string of the molecule is CNc1ncnc2[nH]c(SC)c(C#N)c12. The monoisotopic (exact) mass is 219 g/mol. The van der Waals surface area contributed by atoms with Gasteiger partial charge in [0.05, 0.1) is 16.0 Å². The lowest BCUT2D eigenvalue weighted by atomic mass is 10.2. The van der Waals surface area contributed by atoms with Gasteiger partial charge in [0, 0.05) is 7.05 Å². The maximum Gasteiger partial charge on any atom is 0.145 e. The largest absolute Gasteiger partial charge is 0.372 e. The number of nitrogens with one attached hydrogen (secondary N) is 2. The summed E-state index contributed by atoms with van der Waals surface area (Å²) >= 11 is 1.49. The van der Waals surface area contributed by atoms with E-state index in [4.69, 9.17) is 5.26 Å². The van der Waals surface area contributed by atoms with Gasteiger partial charge in [-0.05, 0) is 6.26 Å². The molecule has 2 aromatic rings. The minimum Gasteiger partial charge on any atom is -0.372 e. The average molecular weight is 219 g/mol. The summed E-state index contributed by atoms with van der Waals surface area (Å²) in [6.07, 6.45) is 3.38. The maximum absolute atomic E-state index is 9.09. The molecule has 0 aliphatic carbocycles. The van der Waals surface area contributed by atoms with Crippen molar-refractivity contribution in [2.45, 2.75) is 5.03 Å². The van der Waals surface area contributed by atoms with Gasteiger partial charge in [-0.3, -0.25) is 0 Å². The maximum atomic E-state index is 9.09. The van der Waals surface area contributed by atoms with Crippen LogP contribution >= 0.6 is 11.8 Å². The zero-order valence-electron chi connectivity index (χ0n) is 8.33. The number of aromatic nitrogens is 3. The fourth-order valence-corrected chi connectivity index (χ4v) is 2.00. The standard InChI is InChI=1S/C9H9N5S/c1-11-7-6-5(3-10)9(15-2)14-8(6)13-4-12-7/h4H,1-2H3,(H2,11,12,13,14). The third-order valence-corrected chi connectivity index (χ3v) is 2.82. The average Bonchev–Trinajstić information content (AvgIpc) is 2.66. The highest BCUT2D eigenvalue weighted by Gasteiger charge is 2.14. The first-order valence-electron chi connectivity index (χ1n) is 4.30. The van der Waals surface area contributed by atoms with Gasteiger partial charge in [0.15, 0.2) is 0 Å². The summed E-state index contributed by atoms with van der Waals surface area (Å²) in [6.45, 7) is 0. The lowest BCUT2D eigenvalue weighted by Gasteiger charge is -1.99. The summed E-state index contributed by atoms with van der Waals surface area (Å²) in [7, 11) is 1.77. The van der Waals surface area contributed by atoms with Crippen LogP contribution in [0.15, 0.2) is 11.4 Å². The lowest BCUT2D eigenvalue weighted by molar-refractivity contribution is 1.16. The van der Waals surface area contributed by atoms with Crippen molar-refractivity contribution in [3.8, 4) is 6.07 Å². The number of aromatic amines is 1. The van der Waals surface area contributed by atoms with Crippen LogP contribution in [0.1, 0.15) is 5.56 Å². The zero-order chi connectivity index (χ0) is 10.8. The first-order chi connectivity index (χ1) is 7.31. The topological polar surface area (TPSA) is 77.4 Å². The molecule has 0 spiro atoms. The van der Waals surface area contributed by atoms with Gasteiger partial charge in [0.2, 0.25) is 0 Å². The van der Waals surface area contributed by atoms with Crippen LogP contribution in [0.2, 0.25) is 0 Å². The number of rotatable bonds is 2. The second-order valence-electron chi connectivity index (χ2n) is 2.84. The van der Waals surface area contributed by atoms with Crippen LogP contribution < -0.4 is 5.32 Å². The molecular formula is C9H9N5S. The van der Waals surface area contributed by atoms with Crippen LogP contribution in [-0.4, -0.2) is 28.3 Å². The Morgan fingerprint density at radius 3 is 2.93 bits per heavy atom.